The molecule has 38 heavy (non-hydrogen) atoms. The van der Waals surface area contributed by atoms with E-state index in [9.17, 15) is 14.7 Å². The summed E-state index contributed by atoms with van der Waals surface area (Å²) < 4.78 is 12.3. The van der Waals surface area contributed by atoms with Gasteiger partial charge in [-0.2, -0.15) is 0 Å². The maximum Gasteiger partial charge on any atom is 0.296 e. The maximum absolute atomic E-state index is 13.8. The largest absolute Gasteiger partial charge is 0.503 e. The van der Waals surface area contributed by atoms with Crippen LogP contribution >= 0.6 is 11.3 Å². The number of aromatic nitrogens is 1. The predicted octanol–water partition coefficient (Wildman–Crippen LogP) is 6.84. The lowest BCUT2D eigenvalue weighted by atomic mass is 9.95. The molecule has 1 aliphatic heterocycles. The number of aryl methyl sites for hydroxylation is 2. The van der Waals surface area contributed by atoms with Gasteiger partial charge < -0.3 is 14.3 Å². The fourth-order valence-electron chi connectivity index (χ4n) is 4.95. The molecule has 1 N–H and O–H groups in total. The van der Waals surface area contributed by atoms with Crippen LogP contribution in [0.4, 0.5) is 5.13 Å². The van der Waals surface area contributed by atoms with E-state index in [0.29, 0.717) is 28.6 Å². The Kier molecular flexibility index (Phi) is 5.76. The fourth-order valence-corrected chi connectivity index (χ4v) is 6.12. The lowest BCUT2D eigenvalue weighted by Crippen LogP contribution is -2.30. The first kappa shape index (κ1) is 23.9. The molecule has 1 aliphatic rings. The Morgan fingerprint density at radius 3 is 2.61 bits per heavy atom. The molecule has 0 radical (unpaired) electrons. The molecule has 8 heteroatoms. The number of ether oxygens (including phenoxy) is 1. The van der Waals surface area contributed by atoms with Gasteiger partial charge in [-0.3, -0.25) is 14.5 Å². The average Bonchev–Trinajstić information content (AvgIpc) is 3.59. The molecule has 0 saturated heterocycles. The molecule has 3 aromatic carbocycles. The summed E-state index contributed by atoms with van der Waals surface area (Å²) in [6.07, 6.45) is 0. The van der Waals surface area contributed by atoms with Crippen LogP contribution < -0.4 is 9.64 Å². The van der Waals surface area contributed by atoms with E-state index in [1.54, 1.807) is 36.4 Å². The van der Waals surface area contributed by atoms with Gasteiger partial charge in [0.25, 0.3) is 5.91 Å². The number of hydrogen-bond acceptors (Lipinski definition) is 7. The van der Waals surface area contributed by atoms with Crippen molar-refractivity contribution >= 4 is 49.3 Å². The first-order chi connectivity index (χ1) is 18.4. The topological polar surface area (TPSA) is 92.9 Å². The fraction of sp³-hybridized carbons (Fsp3) is 0.167. The highest BCUT2D eigenvalue weighted by Gasteiger charge is 2.46. The molecule has 3 heterocycles. The maximum atomic E-state index is 13.8. The van der Waals surface area contributed by atoms with Gasteiger partial charge in [-0.1, -0.05) is 47.7 Å². The number of thiazole rings is 1. The Morgan fingerprint density at radius 2 is 1.87 bits per heavy atom. The molecule has 7 nitrogen and oxygen atoms in total. The van der Waals surface area contributed by atoms with Crippen LogP contribution in [0.3, 0.4) is 0 Å². The van der Waals surface area contributed by atoms with E-state index in [2.05, 4.69) is 0 Å². The number of amides is 1. The molecule has 1 amide bonds. The van der Waals surface area contributed by atoms with E-state index >= 15 is 0 Å². The van der Waals surface area contributed by atoms with Gasteiger partial charge in [-0.15, -0.1) is 0 Å². The number of fused-ring (bicyclic) bond motifs is 2. The zero-order chi connectivity index (χ0) is 26.6. The molecular weight excluding hydrogens is 500 g/mol. The minimum Gasteiger partial charge on any atom is -0.503 e. The number of rotatable bonds is 6. The van der Waals surface area contributed by atoms with Crippen molar-refractivity contribution in [3.63, 3.8) is 0 Å². The van der Waals surface area contributed by atoms with Gasteiger partial charge in [-0.25, -0.2) is 4.98 Å². The molecule has 0 spiro atoms. The summed E-state index contributed by atoms with van der Waals surface area (Å²) in [5.74, 6) is -1.13. The van der Waals surface area contributed by atoms with Gasteiger partial charge in [0.1, 0.15) is 11.3 Å². The van der Waals surface area contributed by atoms with Crippen LogP contribution in [-0.4, -0.2) is 28.4 Å². The molecule has 0 bridgehead atoms. The number of hydrogen-bond donors (Lipinski definition) is 1. The van der Waals surface area contributed by atoms with Gasteiger partial charge >= 0.3 is 0 Å². The number of aliphatic hydroxyl groups excluding tert-OH is 1. The predicted molar refractivity (Wildman–Crippen MR) is 147 cm³/mol. The summed E-state index contributed by atoms with van der Waals surface area (Å²) in [6, 6.07) is 19.2. The second-order valence-electron chi connectivity index (χ2n) is 9.24. The summed E-state index contributed by atoms with van der Waals surface area (Å²) in [6.45, 7) is 6.38. The Morgan fingerprint density at radius 1 is 1.11 bits per heavy atom. The number of Topliss-reactive ketones (excluding diaryl/α,β-unsaturated/α-hetero) is 1. The number of anilines is 1. The van der Waals surface area contributed by atoms with E-state index in [1.165, 1.54) is 16.2 Å². The van der Waals surface area contributed by atoms with Gasteiger partial charge in [0.2, 0.25) is 5.78 Å². The molecule has 1 unspecified atom stereocenters. The first-order valence-corrected chi connectivity index (χ1v) is 13.1. The summed E-state index contributed by atoms with van der Waals surface area (Å²) in [5.41, 5.74) is 3.99. The SMILES string of the molecule is CCOc1ccc(C2C(C(=O)c3cc4ccccc4o3)=C(O)C(=O)N2c2nc3c(C)cc(C)cc3s2)cc1. The van der Waals surface area contributed by atoms with Crippen molar-refractivity contribution in [3.8, 4) is 5.75 Å². The Labute approximate surface area is 222 Å². The van der Waals surface area contributed by atoms with E-state index in [-0.39, 0.29) is 11.3 Å². The van der Waals surface area contributed by atoms with Crippen molar-refractivity contribution in [3.05, 3.63) is 101 Å². The summed E-state index contributed by atoms with van der Waals surface area (Å²) in [5, 5.41) is 12.3. The Balaban J connectivity index is 1.50. The van der Waals surface area contributed by atoms with Crippen LogP contribution in [0.2, 0.25) is 0 Å². The lowest BCUT2D eigenvalue weighted by Gasteiger charge is -2.24. The second kappa shape index (κ2) is 9.15. The summed E-state index contributed by atoms with van der Waals surface area (Å²) in [4.78, 5) is 33.6. The highest BCUT2D eigenvalue weighted by molar-refractivity contribution is 7.22. The molecule has 0 fully saturated rings. The smallest absolute Gasteiger partial charge is 0.296 e. The number of para-hydroxylation sites is 1. The number of carbonyl (C=O) groups is 2. The molecule has 5 aromatic rings. The summed E-state index contributed by atoms with van der Waals surface area (Å²) >= 11 is 1.35. The van der Waals surface area contributed by atoms with Crippen molar-refractivity contribution in [2.45, 2.75) is 26.8 Å². The quantitative estimate of drug-likeness (QED) is 0.245. The Bertz CT molecular complexity index is 1730. The average molecular weight is 525 g/mol. The van der Waals surface area contributed by atoms with Gasteiger partial charge in [0.15, 0.2) is 16.7 Å². The molecule has 0 aliphatic carbocycles. The van der Waals surface area contributed by atoms with Gasteiger partial charge in [-0.05, 0) is 67.8 Å². The number of carbonyl (C=O) groups excluding carboxylic acids is 2. The van der Waals surface area contributed by atoms with E-state index in [4.69, 9.17) is 14.1 Å². The van der Waals surface area contributed by atoms with Crippen LogP contribution in [0.1, 0.15) is 40.2 Å². The van der Waals surface area contributed by atoms with Crippen LogP contribution in [0.5, 0.6) is 5.75 Å². The minimum atomic E-state index is -0.902. The highest BCUT2D eigenvalue weighted by Crippen LogP contribution is 2.45. The zero-order valence-electron chi connectivity index (χ0n) is 21.0. The van der Waals surface area contributed by atoms with Crippen LogP contribution in [0.25, 0.3) is 21.2 Å². The van der Waals surface area contributed by atoms with E-state index < -0.39 is 23.5 Å². The number of nitrogens with zero attached hydrogens (tertiary/aromatic N) is 2. The van der Waals surface area contributed by atoms with Crippen molar-refractivity contribution in [2.75, 3.05) is 11.5 Å². The van der Waals surface area contributed by atoms with Crippen molar-refractivity contribution in [1.82, 2.24) is 4.98 Å². The third kappa shape index (κ3) is 3.85. The molecule has 0 saturated carbocycles. The van der Waals surface area contributed by atoms with Crippen molar-refractivity contribution in [1.29, 1.82) is 0 Å². The molecular formula is C30H24N2O5S. The first-order valence-electron chi connectivity index (χ1n) is 12.3. The number of benzene rings is 3. The molecule has 190 valence electrons. The lowest BCUT2D eigenvalue weighted by molar-refractivity contribution is -0.117. The number of furan rings is 1. The van der Waals surface area contributed by atoms with Crippen molar-refractivity contribution in [2.24, 2.45) is 0 Å². The van der Waals surface area contributed by atoms with Crippen LogP contribution in [0, 0.1) is 13.8 Å². The number of aliphatic hydroxyl groups is 1. The van der Waals surface area contributed by atoms with E-state index in [0.717, 1.165) is 26.7 Å². The molecule has 6 rings (SSSR count). The van der Waals surface area contributed by atoms with Crippen molar-refractivity contribution < 1.29 is 23.8 Å². The van der Waals surface area contributed by atoms with Crippen LogP contribution in [-0.2, 0) is 4.79 Å². The molecule has 2 aromatic heterocycles. The van der Waals surface area contributed by atoms with Crippen LogP contribution in [0.15, 0.2) is 82.5 Å². The Hall–Kier alpha value is -4.43. The third-order valence-corrected chi connectivity index (χ3v) is 7.64. The zero-order valence-corrected chi connectivity index (χ0v) is 21.8. The number of ketones is 1. The monoisotopic (exact) mass is 524 g/mol. The highest BCUT2D eigenvalue weighted by atomic mass is 32.1. The standard InChI is InChI=1S/C30H24N2O5S/c1-4-36-20-11-9-18(10-12-20)26-24(27(33)22-15-19-7-5-6-8-21(19)37-22)28(34)29(35)32(26)30-31-25-17(3)13-16(2)14-23(25)38-30/h5-15,26,34H,4H2,1-3H3. The summed E-state index contributed by atoms with van der Waals surface area (Å²) in [7, 11) is 0. The minimum absolute atomic E-state index is 0.0501. The van der Waals surface area contributed by atoms with Gasteiger partial charge in [0.05, 0.1) is 28.4 Å². The second-order valence-corrected chi connectivity index (χ2v) is 10.3. The normalized spacial score (nSPS) is 15.7. The molecule has 1 atom stereocenters. The van der Waals surface area contributed by atoms with E-state index in [1.807, 2.05) is 51.1 Å². The third-order valence-electron chi connectivity index (χ3n) is 6.63. The van der Waals surface area contributed by atoms with Gasteiger partial charge in [0, 0.05) is 5.39 Å².